The Morgan fingerprint density at radius 3 is 2.87 bits per heavy atom. The second kappa shape index (κ2) is 6.38. The van der Waals surface area contributed by atoms with E-state index in [9.17, 15) is 4.79 Å². The first-order valence-corrected chi connectivity index (χ1v) is 6.98. The maximum atomic E-state index is 11.8. The summed E-state index contributed by atoms with van der Waals surface area (Å²) in [4.78, 5) is 13.8. The molecule has 0 aromatic carbocycles. The number of carbonyl (C=O) groups is 1. The maximum absolute atomic E-state index is 11.8. The van der Waals surface area contributed by atoms with E-state index in [-0.39, 0.29) is 5.91 Å². The van der Waals surface area contributed by atoms with E-state index in [0.717, 1.165) is 12.8 Å². The normalized spacial score (nSPS) is 25.5. The zero-order chi connectivity index (χ0) is 11.3. The number of hydrogen-bond acceptors (Lipinski definition) is 3. The Balaban J connectivity index is 2.44. The van der Waals surface area contributed by atoms with Crippen LogP contribution in [0.3, 0.4) is 0 Å². The first-order valence-electron chi connectivity index (χ1n) is 5.69. The molecule has 1 saturated carbocycles. The van der Waals surface area contributed by atoms with Crippen LogP contribution >= 0.6 is 11.8 Å². The van der Waals surface area contributed by atoms with E-state index in [4.69, 9.17) is 5.73 Å². The van der Waals surface area contributed by atoms with Crippen LogP contribution in [0.25, 0.3) is 0 Å². The van der Waals surface area contributed by atoms with Gasteiger partial charge in [-0.1, -0.05) is 6.42 Å². The van der Waals surface area contributed by atoms with E-state index in [1.165, 1.54) is 12.8 Å². The van der Waals surface area contributed by atoms with Crippen LogP contribution in [0.15, 0.2) is 0 Å². The standard InChI is InChI=1S/C11H22N2OS/c1-13(11(14)7-4-8-12)9-5-3-6-10(9)15-2/h9-10H,3-8,12H2,1-2H3. The summed E-state index contributed by atoms with van der Waals surface area (Å²) in [5, 5.41) is 0.636. The Morgan fingerprint density at radius 2 is 2.27 bits per heavy atom. The molecular formula is C11H22N2OS. The fraction of sp³-hybridized carbons (Fsp3) is 0.909. The van der Waals surface area contributed by atoms with E-state index >= 15 is 0 Å². The van der Waals surface area contributed by atoms with Gasteiger partial charge in [-0.05, 0) is 32.1 Å². The van der Waals surface area contributed by atoms with Crippen molar-refractivity contribution in [2.24, 2.45) is 5.73 Å². The Kier molecular flexibility index (Phi) is 5.47. The van der Waals surface area contributed by atoms with Crippen molar-refractivity contribution >= 4 is 17.7 Å². The van der Waals surface area contributed by atoms with Gasteiger partial charge in [0.05, 0.1) is 0 Å². The van der Waals surface area contributed by atoms with Crippen molar-refractivity contribution in [3.63, 3.8) is 0 Å². The highest BCUT2D eigenvalue weighted by molar-refractivity contribution is 7.99. The molecule has 1 rings (SSSR count). The molecule has 88 valence electrons. The van der Waals surface area contributed by atoms with Gasteiger partial charge >= 0.3 is 0 Å². The number of hydrogen-bond donors (Lipinski definition) is 1. The minimum absolute atomic E-state index is 0.256. The van der Waals surface area contributed by atoms with Gasteiger partial charge < -0.3 is 10.6 Å². The molecule has 2 atom stereocenters. The topological polar surface area (TPSA) is 46.3 Å². The van der Waals surface area contributed by atoms with Crippen LogP contribution in [0.1, 0.15) is 32.1 Å². The molecule has 0 heterocycles. The highest BCUT2D eigenvalue weighted by atomic mass is 32.2. The molecule has 0 spiro atoms. The monoisotopic (exact) mass is 230 g/mol. The zero-order valence-electron chi connectivity index (χ0n) is 9.74. The zero-order valence-corrected chi connectivity index (χ0v) is 10.6. The van der Waals surface area contributed by atoms with Crippen molar-refractivity contribution < 1.29 is 4.79 Å². The van der Waals surface area contributed by atoms with E-state index < -0.39 is 0 Å². The lowest BCUT2D eigenvalue weighted by atomic mass is 10.2. The van der Waals surface area contributed by atoms with Crippen LogP contribution in [0.2, 0.25) is 0 Å². The van der Waals surface area contributed by atoms with Gasteiger partial charge in [-0.15, -0.1) is 0 Å². The Morgan fingerprint density at radius 1 is 1.53 bits per heavy atom. The van der Waals surface area contributed by atoms with Crippen molar-refractivity contribution in [3.05, 3.63) is 0 Å². The fourth-order valence-corrected chi connectivity index (χ4v) is 3.27. The Labute approximate surface area is 96.8 Å². The van der Waals surface area contributed by atoms with Gasteiger partial charge in [0.2, 0.25) is 5.91 Å². The molecular weight excluding hydrogens is 208 g/mol. The average molecular weight is 230 g/mol. The lowest BCUT2D eigenvalue weighted by Crippen LogP contribution is -2.40. The predicted octanol–water partition coefficient (Wildman–Crippen LogP) is 1.47. The van der Waals surface area contributed by atoms with Gasteiger partial charge in [0.25, 0.3) is 0 Å². The molecule has 0 radical (unpaired) electrons. The van der Waals surface area contributed by atoms with Gasteiger partial charge in [-0.2, -0.15) is 11.8 Å². The van der Waals surface area contributed by atoms with E-state index in [1.807, 2.05) is 23.7 Å². The number of carbonyl (C=O) groups excluding carboxylic acids is 1. The van der Waals surface area contributed by atoms with Crippen LogP contribution in [-0.2, 0) is 4.79 Å². The molecule has 2 unspecified atom stereocenters. The molecule has 0 aromatic heterocycles. The number of nitrogens with zero attached hydrogens (tertiary/aromatic N) is 1. The molecule has 0 aliphatic heterocycles. The summed E-state index contributed by atoms with van der Waals surface area (Å²) in [7, 11) is 1.94. The predicted molar refractivity (Wildman–Crippen MR) is 66.0 cm³/mol. The summed E-state index contributed by atoms with van der Waals surface area (Å²) in [6.07, 6.45) is 7.22. The maximum Gasteiger partial charge on any atom is 0.222 e. The van der Waals surface area contributed by atoms with E-state index in [0.29, 0.717) is 24.3 Å². The van der Waals surface area contributed by atoms with Crippen molar-refractivity contribution in [1.82, 2.24) is 4.90 Å². The summed E-state index contributed by atoms with van der Waals surface area (Å²) >= 11 is 1.89. The molecule has 3 nitrogen and oxygen atoms in total. The molecule has 1 aliphatic carbocycles. The molecule has 0 aromatic rings. The quantitative estimate of drug-likeness (QED) is 0.778. The van der Waals surface area contributed by atoms with Crippen molar-refractivity contribution in [3.8, 4) is 0 Å². The highest BCUT2D eigenvalue weighted by Gasteiger charge is 2.31. The largest absolute Gasteiger partial charge is 0.342 e. The molecule has 1 fully saturated rings. The number of nitrogens with two attached hydrogens (primary N) is 1. The van der Waals surface area contributed by atoms with Crippen molar-refractivity contribution in [2.75, 3.05) is 19.8 Å². The Hall–Kier alpha value is -0.220. The molecule has 1 amide bonds. The summed E-state index contributed by atoms with van der Waals surface area (Å²) in [5.74, 6) is 0.256. The Bertz CT molecular complexity index is 211. The molecule has 15 heavy (non-hydrogen) atoms. The summed E-state index contributed by atoms with van der Waals surface area (Å²) in [6.45, 7) is 0.607. The molecule has 1 aliphatic rings. The van der Waals surface area contributed by atoms with E-state index in [2.05, 4.69) is 6.26 Å². The smallest absolute Gasteiger partial charge is 0.222 e. The molecule has 0 bridgehead atoms. The lowest BCUT2D eigenvalue weighted by molar-refractivity contribution is -0.131. The van der Waals surface area contributed by atoms with Gasteiger partial charge in [-0.25, -0.2) is 0 Å². The first kappa shape index (κ1) is 12.8. The second-order valence-corrected chi connectivity index (χ2v) is 5.25. The van der Waals surface area contributed by atoms with Gasteiger partial charge in [0, 0.05) is 24.8 Å². The van der Waals surface area contributed by atoms with Gasteiger partial charge in [-0.3, -0.25) is 4.79 Å². The third-order valence-corrected chi connectivity index (χ3v) is 4.36. The lowest BCUT2D eigenvalue weighted by Gasteiger charge is -2.29. The average Bonchev–Trinajstić information content (AvgIpc) is 2.72. The SMILES string of the molecule is CSC1CCCC1N(C)C(=O)CCCN. The van der Waals surface area contributed by atoms with Crippen LogP contribution in [0, 0.1) is 0 Å². The third-order valence-electron chi connectivity index (χ3n) is 3.21. The molecule has 2 N–H and O–H groups in total. The fourth-order valence-electron chi connectivity index (χ4n) is 2.24. The van der Waals surface area contributed by atoms with Crippen LogP contribution in [-0.4, -0.2) is 41.9 Å². The van der Waals surface area contributed by atoms with Crippen molar-refractivity contribution in [2.45, 2.75) is 43.4 Å². The minimum atomic E-state index is 0.256. The molecule has 0 saturated heterocycles. The second-order valence-electron chi connectivity index (χ2n) is 4.17. The summed E-state index contributed by atoms with van der Waals surface area (Å²) in [6, 6.07) is 0.449. The van der Waals surface area contributed by atoms with Gasteiger partial charge in [0.1, 0.15) is 0 Å². The number of thioether (sulfide) groups is 1. The van der Waals surface area contributed by atoms with Crippen LogP contribution < -0.4 is 5.73 Å². The third kappa shape index (κ3) is 3.38. The minimum Gasteiger partial charge on any atom is -0.342 e. The summed E-state index contributed by atoms with van der Waals surface area (Å²) in [5.41, 5.74) is 5.41. The number of rotatable bonds is 5. The number of amides is 1. The van der Waals surface area contributed by atoms with Gasteiger partial charge in [0.15, 0.2) is 0 Å². The summed E-state index contributed by atoms with van der Waals surface area (Å²) < 4.78 is 0. The van der Waals surface area contributed by atoms with E-state index in [1.54, 1.807) is 0 Å². The van der Waals surface area contributed by atoms with Crippen molar-refractivity contribution in [1.29, 1.82) is 0 Å². The van der Waals surface area contributed by atoms with Crippen LogP contribution in [0.4, 0.5) is 0 Å². The molecule has 4 heteroatoms. The first-order chi connectivity index (χ1) is 7.20. The van der Waals surface area contributed by atoms with Crippen LogP contribution in [0.5, 0.6) is 0 Å². The highest BCUT2D eigenvalue weighted by Crippen LogP contribution is 2.31.